The number of nitrogens with zero attached hydrogens (tertiary/aromatic N) is 2. The molecule has 1 amide bonds. The number of ether oxygens (including phenoxy) is 1. The van der Waals surface area contributed by atoms with Crippen molar-refractivity contribution in [3.05, 3.63) is 53.1 Å². The molecule has 1 aromatic heterocycles. The molecule has 0 spiro atoms. The van der Waals surface area contributed by atoms with E-state index in [1.54, 1.807) is 33.0 Å². The van der Waals surface area contributed by atoms with Crippen molar-refractivity contribution in [1.82, 2.24) is 14.9 Å². The number of hydrogen-bond acceptors (Lipinski definition) is 4. The Morgan fingerprint density at radius 2 is 2.00 bits per heavy atom. The summed E-state index contributed by atoms with van der Waals surface area (Å²) in [5, 5.41) is 2.84. The third-order valence-electron chi connectivity index (χ3n) is 5.03. The fourth-order valence-electron chi connectivity index (χ4n) is 3.80. The maximum atomic E-state index is 14.5. The number of carbonyl (C=O) groups is 2. The number of fused-ring (bicyclic) bond motifs is 1. The number of hydrogen-bond donors (Lipinski definition) is 1. The van der Waals surface area contributed by atoms with Crippen LogP contribution in [0, 0.1) is 11.6 Å². The van der Waals surface area contributed by atoms with Crippen LogP contribution in [-0.2, 0) is 22.5 Å². The zero-order valence-corrected chi connectivity index (χ0v) is 17.7. The molecule has 0 fully saturated rings. The van der Waals surface area contributed by atoms with Crippen LogP contribution in [0.2, 0.25) is 0 Å². The van der Waals surface area contributed by atoms with Crippen molar-refractivity contribution in [1.29, 1.82) is 0 Å². The van der Waals surface area contributed by atoms with Crippen LogP contribution in [0.3, 0.4) is 0 Å². The van der Waals surface area contributed by atoms with E-state index < -0.39 is 29.4 Å². The van der Waals surface area contributed by atoms with Gasteiger partial charge < -0.3 is 14.6 Å². The molecule has 0 unspecified atom stereocenters. The van der Waals surface area contributed by atoms with Crippen LogP contribution in [0.25, 0.3) is 0 Å². The zero-order chi connectivity index (χ0) is 22.1. The van der Waals surface area contributed by atoms with E-state index in [2.05, 4.69) is 10.3 Å². The van der Waals surface area contributed by atoms with Crippen LogP contribution < -0.4 is 5.32 Å². The summed E-state index contributed by atoms with van der Waals surface area (Å²) in [5.41, 5.74) is 0.301. The third-order valence-corrected chi connectivity index (χ3v) is 5.03. The Balaban J connectivity index is 1.94. The molecule has 1 aliphatic rings. The van der Waals surface area contributed by atoms with Crippen molar-refractivity contribution in [2.75, 3.05) is 0 Å². The molecule has 1 N–H and O–H groups in total. The maximum Gasteiger partial charge on any atom is 0.408 e. The van der Waals surface area contributed by atoms with Gasteiger partial charge in [0.05, 0.1) is 6.04 Å². The van der Waals surface area contributed by atoms with Crippen LogP contribution in [-0.4, -0.2) is 27.0 Å². The van der Waals surface area contributed by atoms with Crippen LogP contribution in [0.1, 0.15) is 69.6 Å². The molecule has 1 aromatic carbocycles. The summed E-state index contributed by atoms with van der Waals surface area (Å²) >= 11 is 0. The summed E-state index contributed by atoms with van der Waals surface area (Å²) in [5.74, 6) is -1.54. The lowest BCUT2D eigenvalue weighted by molar-refractivity contribution is -0.116. The lowest BCUT2D eigenvalue weighted by Gasteiger charge is -2.23. The van der Waals surface area contributed by atoms with Crippen molar-refractivity contribution in [2.45, 2.75) is 71.1 Å². The van der Waals surface area contributed by atoms with Gasteiger partial charge in [-0.15, -0.1) is 0 Å². The van der Waals surface area contributed by atoms with Crippen LogP contribution in [0.15, 0.2) is 24.4 Å². The summed E-state index contributed by atoms with van der Waals surface area (Å²) in [7, 11) is 0. The van der Waals surface area contributed by atoms with Gasteiger partial charge in [0.2, 0.25) is 0 Å². The number of ketones is 1. The first-order chi connectivity index (χ1) is 14.0. The number of amides is 1. The molecule has 2 heterocycles. The van der Waals surface area contributed by atoms with Gasteiger partial charge in [-0.1, -0.05) is 12.1 Å². The summed E-state index contributed by atoms with van der Waals surface area (Å²) in [6, 6.07) is 3.68. The molecule has 0 saturated heterocycles. The molecular formula is C22H27F2N3O3. The molecule has 1 aliphatic heterocycles. The standard InChI is InChI=1S/C22H27F2N3O3/c1-13(28)10-15-11-25-20-18(26-21(29)30-22(2,3)4)9-8-14(12-27(15)20)16-6-5-7-17(23)19(16)24/h5-7,11,14,18H,8-10,12H2,1-4H3,(H,26,29)/t14-,18-/m1/s1. The van der Waals surface area contributed by atoms with Gasteiger partial charge >= 0.3 is 6.09 Å². The number of halogens is 2. The Labute approximate surface area is 174 Å². The fraction of sp³-hybridized carbons (Fsp3) is 0.500. The number of alkyl carbamates (subject to hydrolysis) is 1. The summed E-state index contributed by atoms with van der Waals surface area (Å²) < 4.78 is 35.5. The quantitative estimate of drug-likeness (QED) is 0.795. The molecule has 2 aromatic rings. The number of carbonyl (C=O) groups excluding carboxylic acids is 2. The van der Waals surface area contributed by atoms with Crippen LogP contribution >= 0.6 is 0 Å². The SMILES string of the molecule is CC(=O)Cc1cnc2n1C[C@H](c1cccc(F)c1F)CC[C@H]2NC(=O)OC(C)(C)C. The van der Waals surface area contributed by atoms with Gasteiger partial charge in [0.25, 0.3) is 0 Å². The van der Waals surface area contributed by atoms with E-state index >= 15 is 0 Å². The minimum absolute atomic E-state index is 0.0351. The second kappa shape index (κ2) is 8.53. The van der Waals surface area contributed by atoms with E-state index in [4.69, 9.17) is 4.74 Å². The van der Waals surface area contributed by atoms with Gasteiger partial charge in [-0.05, 0) is 52.2 Å². The Hall–Kier alpha value is -2.77. The maximum absolute atomic E-state index is 14.5. The van der Waals surface area contributed by atoms with E-state index in [-0.39, 0.29) is 23.7 Å². The third kappa shape index (κ3) is 5.04. The Morgan fingerprint density at radius 1 is 1.27 bits per heavy atom. The fourth-order valence-corrected chi connectivity index (χ4v) is 3.80. The first-order valence-corrected chi connectivity index (χ1v) is 10.0. The highest BCUT2D eigenvalue weighted by Crippen LogP contribution is 2.35. The molecule has 3 rings (SSSR count). The van der Waals surface area contributed by atoms with Gasteiger partial charge in [0.1, 0.15) is 17.2 Å². The van der Waals surface area contributed by atoms with Crippen molar-refractivity contribution in [2.24, 2.45) is 0 Å². The second-order valence-electron chi connectivity index (χ2n) is 8.71. The Bertz CT molecular complexity index is 950. The second-order valence-corrected chi connectivity index (χ2v) is 8.71. The van der Waals surface area contributed by atoms with Crippen molar-refractivity contribution in [3.8, 4) is 0 Å². The number of nitrogens with one attached hydrogen (secondary N) is 1. The number of aromatic nitrogens is 2. The highest BCUT2D eigenvalue weighted by Gasteiger charge is 2.31. The lowest BCUT2D eigenvalue weighted by Crippen LogP contribution is -2.35. The average Bonchev–Trinajstić information content (AvgIpc) is 2.90. The molecular weight excluding hydrogens is 392 g/mol. The normalized spacial score (nSPS) is 19.0. The highest BCUT2D eigenvalue weighted by molar-refractivity contribution is 5.77. The van der Waals surface area contributed by atoms with E-state index in [0.29, 0.717) is 30.9 Å². The first-order valence-electron chi connectivity index (χ1n) is 10.0. The monoisotopic (exact) mass is 419 g/mol. The molecule has 0 aliphatic carbocycles. The van der Waals surface area contributed by atoms with Crippen LogP contribution in [0.5, 0.6) is 0 Å². The molecule has 30 heavy (non-hydrogen) atoms. The molecule has 8 heteroatoms. The summed E-state index contributed by atoms with van der Waals surface area (Å²) in [6.07, 6.45) is 2.17. The van der Waals surface area contributed by atoms with E-state index in [9.17, 15) is 18.4 Å². The molecule has 162 valence electrons. The molecule has 2 atom stereocenters. The summed E-state index contributed by atoms with van der Waals surface area (Å²) in [4.78, 5) is 28.5. The summed E-state index contributed by atoms with van der Waals surface area (Å²) in [6.45, 7) is 7.14. The number of imidazole rings is 1. The largest absolute Gasteiger partial charge is 0.444 e. The Kier molecular flexibility index (Phi) is 6.24. The number of rotatable bonds is 4. The zero-order valence-electron chi connectivity index (χ0n) is 17.7. The first kappa shape index (κ1) is 21.9. The number of Topliss-reactive ketones (excluding diaryl/α,β-unsaturated/α-hetero) is 1. The van der Waals surface area contributed by atoms with Gasteiger partial charge in [-0.2, -0.15) is 0 Å². The van der Waals surface area contributed by atoms with Crippen LogP contribution in [0.4, 0.5) is 13.6 Å². The minimum atomic E-state index is -0.894. The predicted octanol–water partition coefficient (Wildman–Crippen LogP) is 4.44. The molecule has 0 bridgehead atoms. The van der Waals surface area contributed by atoms with Gasteiger partial charge in [0, 0.05) is 30.8 Å². The topological polar surface area (TPSA) is 73.2 Å². The average molecular weight is 419 g/mol. The highest BCUT2D eigenvalue weighted by atomic mass is 19.2. The van der Waals surface area contributed by atoms with E-state index in [0.717, 1.165) is 6.07 Å². The molecule has 0 saturated carbocycles. The Morgan fingerprint density at radius 3 is 2.67 bits per heavy atom. The molecule has 6 nitrogen and oxygen atoms in total. The van der Waals surface area contributed by atoms with Crippen molar-refractivity contribution >= 4 is 11.9 Å². The van der Waals surface area contributed by atoms with E-state index in [1.165, 1.54) is 13.0 Å². The van der Waals surface area contributed by atoms with Crippen molar-refractivity contribution < 1.29 is 23.1 Å². The van der Waals surface area contributed by atoms with Gasteiger partial charge in [0.15, 0.2) is 11.6 Å². The molecule has 0 radical (unpaired) electrons. The van der Waals surface area contributed by atoms with E-state index in [1.807, 2.05) is 4.57 Å². The smallest absolute Gasteiger partial charge is 0.408 e. The minimum Gasteiger partial charge on any atom is -0.444 e. The van der Waals surface area contributed by atoms with Gasteiger partial charge in [-0.3, -0.25) is 4.79 Å². The van der Waals surface area contributed by atoms with Crippen molar-refractivity contribution in [3.63, 3.8) is 0 Å². The lowest BCUT2D eigenvalue weighted by atomic mass is 9.92. The predicted molar refractivity (Wildman–Crippen MR) is 107 cm³/mol. The van der Waals surface area contributed by atoms with Gasteiger partial charge in [-0.25, -0.2) is 18.6 Å². The number of benzene rings is 1.